The smallest absolute Gasteiger partial charge is 0.0581 e. The highest BCUT2D eigenvalue weighted by atomic mass is 32.2. The van der Waals surface area contributed by atoms with Crippen LogP contribution in [0.15, 0.2) is 0 Å². The average Bonchev–Trinajstić information content (AvgIpc) is 2.15. The first-order valence-corrected chi connectivity index (χ1v) is 5.76. The van der Waals surface area contributed by atoms with E-state index in [4.69, 9.17) is 10.5 Å². The van der Waals surface area contributed by atoms with Crippen LogP contribution >= 0.6 is 11.8 Å². The first-order valence-electron chi connectivity index (χ1n) is 4.71. The Morgan fingerprint density at radius 2 is 2.33 bits per heavy atom. The van der Waals surface area contributed by atoms with E-state index in [2.05, 4.69) is 0 Å². The van der Waals surface area contributed by atoms with Gasteiger partial charge in [-0.2, -0.15) is 11.8 Å². The van der Waals surface area contributed by atoms with Gasteiger partial charge in [0, 0.05) is 24.7 Å². The van der Waals surface area contributed by atoms with Crippen LogP contribution in [0.3, 0.4) is 0 Å². The van der Waals surface area contributed by atoms with Crippen LogP contribution in [-0.4, -0.2) is 30.8 Å². The summed E-state index contributed by atoms with van der Waals surface area (Å²) in [7, 11) is 1.82. The van der Waals surface area contributed by atoms with E-state index in [-0.39, 0.29) is 0 Å². The quantitative estimate of drug-likeness (QED) is 0.730. The zero-order valence-corrected chi connectivity index (χ0v) is 8.61. The Morgan fingerprint density at radius 3 is 3.00 bits per heavy atom. The minimum absolute atomic E-state index is 0.508. The van der Waals surface area contributed by atoms with Crippen molar-refractivity contribution in [2.45, 2.75) is 37.0 Å². The molecule has 0 heterocycles. The van der Waals surface area contributed by atoms with Crippen molar-refractivity contribution in [1.29, 1.82) is 0 Å². The summed E-state index contributed by atoms with van der Waals surface area (Å²) >= 11 is 2.01. The summed E-state index contributed by atoms with van der Waals surface area (Å²) in [5.41, 5.74) is 5.46. The topological polar surface area (TPSA) is 35.2 Å². The fourth-order valence-corrected chi connectivity index (χ4v) is 2.86. The third kappa shape index (κ3) is 3.33. The van der Waals surface area contributed by atoms with Gasteiger partial charge in [0.05, 0.1) is 6.10 Å². The van der Waals surface area contributed by atoms with Crippen LogP contribution in [0.4, 0.5) is 0 Å². The van der Waals surface area contributed by atoms with Crippen molar-refractivity contribution in [3.8, 4) is 0 Å². The third-order valence-electron chi connectivity index (χ3n) is 2.38. The van der Waals surface area contributed by atoms with Crippen LogP contribution in [0.25, 0.3) is 0 Å². The summed E-state index contributed by atoms with van der Waals surface area (Å²) < 4.78 is 5.36. The van der Waals surface area contributed by atoms with Crippen molar-refractivity contribution < 1.29 is 4.74 Å². The highest BCUT2D eigenvalue weighted by molar-refractivity contribution is 7.99. The van der Waals surface area contributed by atoms with Gasteiger partial charge in [0.25, 0.3) is 0 Å². The summed E-state index contributed by atoms with van der Waals surface area (Å²) in [4.78, 5) is 0. The van der Waals surface area contributed by atoms with Crippen LogP contribution in [-0.2, 0) is 4.74 Å². The molecule has 0 spiro atoms. The van der Waals surface area contributed by atoms with Gasteiger partial charge in [0.15, 0.2) is 0 Å². The SMILES string of the molecule is COC1CCCC(SCCN)C1. The number of hydrogen-bond acceptors (Lipinski definition) is 3. The molecule has 2 N–H and O–H groups in total. The standard InChI is InChI=1S/C9H19NOS/c1-11-8-3-2-4-9(7-8)12-6-5-10/h8-9H,2-7,10H2,1H3. The van der Waals surface area contributed by atoms with E-state index in [0.29, 0.717) is 6.10 Å². The Kier molecular flexibility index (Phi) is 5.04. The minimum Gasteiger partial charge on any atom is -0.381 e. The van der Waals surface area contributed by atoms with Crippen LogP contribution < -0.4 is 5.73 Å². The molecular weight excluding hydrogens is 170 g/mol. The lowest BCUT2D eigenvalue weighted by Gasteiger charge is -2.27. The number of thioether (sulfide) groups is 1. The van der Waals surface area contributed by atoms with Crippen molar-refractivity contribution in [3.63, 3.8) is 0 Å². The monoisotopic (exact) mass is 189 g/mol. The maximum absolute atomic E-state index is 5.46. The van der Waals surface area contributed by atoms with Gasteiger partial charge in [-0.15, -0.1) is 0 Å². The van der Waals surface area contributed by atoms with Gasteiger partial charge < -0.3 is 10.5 Å². The van der Waals surface area contributed by atoms with Crippen LogP contribution in [0.5, 0.6) is 0 Å². The van der Waals surface area contributed by atoms with Gasteiger partial charge in [-0.3, -0.25) is 0 Å². The van der Waals surface area contributed by atoms with Crippen molar-refractivity contribution in [2.24, 2.45) is 5.73 Å². The van der Waals surface area contributed by atoms with Crippen LogP contribution in [0.1, 0.15) is 25.7 Å². The molecule has 0 aromatic rings. The predicted octanol–water partition coefficient (Wildman–Crippen LogP) is 1.64. The van der Waals surface area contributed by atoms with Gasteiger partial charge in [0.1, 0.15) is 0 Å². The number of methoxy groups -OCH3 is 1. The Hall–Kier alpha value is 0.270. The molecule has 0 radical (unpaired) electrons. The molecule has 1 fully saturated rings. The molecular formula is C9H19NOS. The Morgan fingerprint density at radius 1 is 1.50 bits per heavy atom. The molecule has 1 aliphatic rings. The van der Waals surface area contributed by atoms with Gasteiger partial charge in [-0.25, -0.2) is 0 Å². The van der Waals surface area contributed by atoms with E-state index in [1.165, 1.54) is 25.7 Å². The molecule has 2 unspecified atom stereocenters. The molecule has 0 aromatic carbocycles. The molecule has 0 bridgehead atoms. The lowest BCUT2D eigenvalue weighted by atomic mass is 9.97. The van der Waals surface area contributed by atoms with Gasteiger partial charge in [0.2, 0.25) is 0 Å². The first-order chi connectivity index (χ1) is 5.86. The van der Waals surface area contributed by atoms with E-state index >= 15 is 0 Å². The van der Waals surface area contributed by atoms with Crippen molar-refractivity contribution in [3.05, 3.63) is 0 Å². The zero-order chi connectivity index (χ0) is 8.81. The van der Waals surface area contributed by atoms with E-state index < -0.39 is 0 Å². The molecule has 2 nitrogen and oxygen atoms in total. The predicted molar refractivity (Wildman–Crippen MR) is 54.6 cm³/mol. The summed E-state index contributed by atoms with van der Waals surface area (Å²) in [6.45, 7) is 0.804. The highest BCUT2D eigenvalue weighted by Crippen LogP contribution is 2.29. The van der Waals surface area contributed by atoms with Crippen molar-refractivity contribution in [1.82, 2.24) is 0 Å². The number of hydrogen-bond donors (Lipinski definition) is 1. The second-order valence-corrected chi connectivity index (χ2v) is 4.71. The number of ether oxygens (including phenoxy) is 1. The van der Waals surface area contributed by atoms with E-state index in [0.717, 1.165) is 17.5 Å². The van der Waals surface area contributed by atoms with E-state index in [9.17, 15) is 0 Å². The normalized spacial score (nSPS) is 30.5. The molecule has 0 aromatic heterocycles. The molecule has 1 saturated carbocycles. The van der Waals surface area contributed by atoms with Gasteiger partial charge in [-0.1, -0.05) is 0 Å². The molecule has 3 heteroatoms. The van der Waals surface area contributed by atoms with Gasteiger partial charge in [-0.05, 0) is 25.7 Å². The Balaban J connectivity index is 2.16. The summed E-state index contributed by atoms with van der Waals surface area (Å²) in [6.07, 6.45) is 5.65. The zero-order valence-electron chi connectivity index (χ0n) is 7.79. The highest BCUT2D eigenvalue weighted by Gasteiger charge is 2.21. The van der Waals surface area contributed by atoms with Crippen molar-refractivity contribution >= 4 is 11.8 Å². The molecule has 0 amide bonds. The number of rotatable bonds is 4. The maximum Gasteiger partial charge on any atom is 0.0581 e. The minimum atomic E-state index is 0.508. The molecule has 72 valence electrons. The fourth-order valence-electron chi connectivity index (χ4n) is 1.70. The van der Waals surface area contributed by atoms with Crippen molar-refractivity contribution in [2.75, 3.05) is 19.4 Å². The molecule has 1 aliphatic carbocycles. The van der Waals surface area contributed by atoms with Gasteiger partial charge >= 0.3 is 0 Å². The first kappa shape index (κ1) is 10.4. The molecule has 0 aliphatic heterocycles. The van der Waals surface area contributed by atoms with Crippen LogP contribution in [0, 0.1) is 0 Å². The summed E-state index contributed by atoms with van der Waals surface area (Å²) in [6, 6.07) is 0. The second-order valence-electron chi connectivity index (χ2n) is 3.31. The van der Waals surface area contributed by atoms with Crippen LogP contribution in [0.2, 0.25) is 0 Å². The maximum atomic E-state index is 5.46. The van der Waals surface area contributed by atoms with E-state index in [1.54, 1.807) is 0 Å². The summed E-state index contributed by atoms with van der Waals surface area (Å²) in [5.74, 6) is 1.10. The molecule has 1 rings (SSSR count). The molecule has 2 atom stereocenters. The Bertz CT molecular complexity index is 121. The lowest BCUT2D eigenvalue weighted by molar-refractivity contribution is 0.0730. The lowest BCUT2D eigenvalue weighted by Crippen LogP contribution is -2.24. The summed E-state index contributed by atoms with van der Waals surface area (Å²) in [5, 5.41) is 0.798. The molecule has 0 saturated heterocycles. The fraction of sp³-hybridized carbons (Fsp3) is 1.00. The number of nitrogens with two attached hydrogens (primary N) is 1. The second kappa shape index (κ2) is 5.84. The molecule has 12 heavy (non-hydrogen) atoms. The Labute approximate surface area is 79.2 Å². The largest absolute Gasteiger partial charge is 0.381 e. The van der Waals surface area contributed by atoms with E-state index in [1.807, 2.05) is 18.9 Å². The third-order valence-corrected chi connectivity index (χ3v) is 3.75. The average molecular weight is 189 g/mol.